The van der Waals surface area contributed by atoms with Crippen LogP contribution in [0.4, 0.5) is 26.3 Å². The molecule has 24 heavy (non-hydrogen) atoms. The quantitative estimate of drug-likeness (QED) is 0.525. The van der Waals surface area contributed by atoms with Crippen molar-refractivity contribution in [1.82, 2.24) is 0 Å². The lowest BCUT2D eigenvalue weighted by Crippen LogP contribution is -2.58. The van der Waals surface area contributed by atoms with E-state index in [0.717, 1.165) is 6.92 Å². The molecule has 144 valence electrons. The standard InChI is InChI=1S/C14H22F6O4/c1-5-11(4,10(21)23-6-2)8-24-9(3)7-12(22,13(15,16)17)14(18,19)20/h9,22H,5-8H2,1-4H3. The fourth-order valence-electron chi connectivity index (χ4n) is 1.80. The lowest BCUT2D eigenvalue weighted by Gasteiger charge is -2.35. The number of carbonyl (C=O) groups is 1. The van der Waals surface area contributed by atoms with Gasteiger partial charge in [-0.25, -0.2) is 0 Å². The largest absolute Gasteiger partial charge is 0.466 e. The molecule has 2 atom stereocenters. The van der Waals surface area contributed by atoms with E-state index in [1.807, 2.05) is 0 Å². The molecule has 0 fully saturated rings. The third-order valence-electron chi connectivity index (χ3n) is 3.76. The molecule has 0 spiro atoms. The fourth-order valence-corrected chi connectivity index (χ4v) is 1.80. The summed E-state index contributed by atoms with van der Waals surface area (Å²) in [5, 5.41) is 9.11. The molecule has 0 aromatic carbocycles. The molecule has 0 aliphatic carbocycles. The summed E-state index contributed by atoms with van der Waals surface area (Å²) in [5.41, 5.74) is -6.09. The van der Waals surface area contributed by atoms with Crippen molar-refractivity contribution >= 4 is 5.97 Å². The van der Waals surface area contributed by atoms with Crippen LogP contribution in [0.5, 0.6) is 0 Å². The molecule has 2 unspecified atom stereocenters. The van der Waals surface area contributed by atoms with E-state index in [-0.39, 0.29) is 13.0 Å². The van der Waals surface area contributed by atoms with Crippen molar-refractivity contribution in [3.8, 4) is 0 Å². The van der Waals surface area contributed by atoms with Crippen molar-refractivity contribution in [3.05, 3.63) is 0 Å². The average Bonchev–Trinajstić information content (AvgIpc) is 2.42. The Bertz CT molecular complexity index is 406. The molecular formula is C14H22F6O4. The van der Waals surface area contributed by atoms with Gasteiger partial charge in [0.1, 0.15) is 0 Å². The van der Waals surface area contributed by atoms with Gasteiger partial charge in [-0.2, -0.15) is 26.3 Å². The minimum atomic E-state index is -5.90. The van der Waals surface area contributed by atoms with Gasteiger partial charge in [-0.3, -0.25) is 4.79 Å². The first-order chi connectivity index (χ1) is 10.6. The van der Waals surface area contributed by atoms with Crippen molar-refractivity contribution in [1.29, 1.82) is 0 Å². The van der Waals surface area contributed by atoms with E-state index in [9.17, 15) is 31.1 Å². The van der Waals surface area contributed by atoms with Crippen LogP contribution in [0.3, 0.4) is 0 Å². The van der Waals surface area contributed by atoms with E-state index < -0.39 is 48.5 Å². The SMILES string of the molecule is CCOC(=O)C(C)(CC)COC(C)CC(O)(C(F)(F)F)C(F)(F)F. The lowest BCUT2D eigenvalue weighted by molar-refractivity contribution is -0.374. The molecule has 0 aliphatic rings. The first kappa shape index (κ1) is 23.0. The highest BCUT2D eigenvalue weighted by Crippen LogP contribution is 2.46. The Hall–Kier alpha value is -1.03. The van der Waals surface area contributed by atoms with E-state index in [0.29, 0.717) is 0 Å². The maximum atomic E-state index is 12.6. The topological polar surface area (TPSA) is 55.8 Å². The highest BCUT2D eigenvalue weighted by Gasteiger charge is 2.70. The Morgan fingerprint density at radius 1 is 1.08 bits per heavy atom. The molecule has 0 aromatic heterocycles. The van der Waals surface area contributed by atoms with Crippen LogP contribution in [-0.2, 0) is 14.3 Å². The van der Waals surface area contributed by atoms with Crippen molar-refractivity contribution in [3.63, 3.8) is 0 Å². The van der Waals surface area contributed by atoms with Gasteiger partial charge in [0.05, 0.1) is 24.7 Å². The summed E-state index contributed by atoms with van der Waals surface area (Å²) in [6, 6.07) is 0. The lowest BCUT2D eigenvalue weighted by atomic mass is 9.88. The van der Waals surface area contributed by atoms with E-state index in [1.54, 1.807) is 13.8 Å². The number of rotatable bonds is 8. The molecule has 0 aliphatic heterocycles. The van der Waals surface area contributed by atoms with Crippen molar-refractivity contribution < 1.29 is 45.7 Å². The normalized spacial score (nSPS) is 17.3. The van der Waals surface area contributed by atoms with E-state index >= 15 is 0 Å². The molecule has 0 saturated carbocycles. The van der Waals surface area contributed by atoms with Crippen molar-refractivity contribution in [2.45, 2.75) is 64.6 Å². The van der Waals surface area contributed by atoms with Gasteiger partial charge in [-0.05, 0) is 27.2 Å². The second-order valence-corrected chi connectivity index (χ2v) is 5.82. The third-order valence-corrected chi connectivity index (χ3v) is 3.76. The van der Waals surface area contributed by atoms with Gasteiger partial charge in [0.25, 0.3) is 5.60 Å². The highest BCUT2D eigenvalue weighted by molar-refractivity contribution is 5.76. The second kappa shape index (κ2) is 7.90. The summed E-state index contributed by atoms with van der Waals surface area (Å²) in [4.78, 5) is 11.8. The molecule has 0 bridgehead atoms. The van der Waals surface area contributed by atoms with E-state index in [1.165, 1.54) is 6.92 Å². The molecule has 0 heterocycles. The maximum Gasteiger partial charge on any atom is 0.426 e. The smallest absolute Gasteiger partial charge is 0.426 e. The summed E-state index contributed by atoms with van der Waals surface area (Å²) in [6.07, 6.45) is -14.9. The van der Waals surface area contributed by atoms with Gasteiger partial charge in [0, 0.05) is 6.42 Å². The number of carbonyl (C=O) groups excluding carboxylic acids is 1. The number of alkyl halides is 6. The Morgan fingerprint density at radius 2 is 1.54 bits per heavy atom. The van der Waals surface area contributed by atoms with Gasteiger partial charge >= 0.3 is 18.3 Å². The van der Waals surface area contributed by atoms with Crippen LogP contribution in [0.25, 0.3) is 0 Å². The molecule has 1 N–H and O–H groups in total. The molecule has 0 aromatic rings. The average molecular weight is 368 g/mol. The Morgan fingerprint density at radius 3 is 1.88 bits per heavy atom. The van der Waals surface area contributed by atoms with Crippen LogP contribution in [0.15, 0.2) is 0 Å². The number of ether oxygens (including phenoxy) is 2. The predicted octanol–water partition coefficient (Wildman–Crippen LogP) is 3.62. The monoisotopic (exact) mass is 368 g/mol. The van der Waals surface area contributed by atoms with Gasteiger partial charge in [0.2, 0.25) is 0 Å². The zero-order chi connectivity index (χ0) is 19.4. The Balaban J connectivity index is 5.06. The number of esters is 1. The Labute approximate surface area is 136 Å². The van der Waals surface area contributed by atoms with Crippen LogP contribution in [-0.4, -0.2) is 48.3 Å². The summed E-state index contributed by atoms with van der Waals surface area (Å²) in [6.45, 7) is 5.19. The van der Waals surface area contributed by atoms with E-state index in [2.05, 4.69) is 0 Å². The van der Waals surface area contributed by atoms with Crippen LogP contribution in [0.2, 0.25) is 0 Å². The van der Waals surface area contributed by atoms with Gasteiger partial charge in [-0.15, -0.1) is 0 Å². The Kier molecular flexibility index (Phi) is 7.56. The summed E-state index contributed by atoms with van der Waals surface area (Å²) in [5.74, 6) is -0.665. The van der Waals surface area contributed by atoms with Crippen LogP contribution in [0.1, 0.15) is 40.5 Å². The first-order valence-electron chi connectivity index (χ1n) is 7.29. The summed E-state index contributed by atoms with van der Waals surface area (Å²) >= 11 is 0. The predicted molar refractivity (Wildman–Crippen MR) is 72.1 cm³/mol. The van der Waals surface area contributed by atoms with Crippen LogP contribution >= 0.6 is 0 Å². The number of hydrogen-bond donors (Lipinski definition) is 1. The molecule has 0 saturated heterocycles. The highest BCUT2D eigenvalue weighted by atomic mass is 19.4. The zero-order valence-corrected chi connectivity index (χ0v) is 13.8. The first-order valence-corrected chi connectivity index (χ1v) is 7.29. The minimum absolute atomic E-state index is 0.0753. The third kappa shape index (κ3) is 5.23. The molecule has 0 rings (SSSR count). The second-order valence-electron chi connectivity index (χ2n) is 5.82. The molecular weight excluding hydrogens is 346 g/mol. The fraction of sp³-hybridized carbons (Fsp3) is 0.929. The van der Waals surface area contributed by atoms with Gasteiger partial charge in [0.15, 0.2) is 0 Å². The zero-order valence-electron chi connectivity index (χ0n) is 13.8. The summed E-state index contributed by atoms with van der Waals surface area (Å²) in [7, 11) is 0. The minimum Gasteiger partial charge on any atom is -0.466 e. The van der Waals surface area contributed by atoms with Crippen LogP contribution < -0.4 is 0 Å². The molecule has 0 radical (unpaired) electrons. The molecule has 4 nitrogen and oxygen atoms in total. The van der Waals surface area contributed by atoms with Gasteiger partial charge in [-0.1, -0.05) is 6.92 Å². The molecule has 10 heteroatoms. The van der Waals surface area contributed by atoms with E-state index in [4.69, 9.17) is 14.6 Å². The van der Waals surface area contributed by atoms with Crippen LogP contribution in [0, 0.1) is 5.41 Å². The molecule has 0 amide bonds. The number of aliphatic hydroxyl groups is 1. The summed E-state index contributed by atoms with van der Waals surface area (Å²) < 4.78 is 85.6. The van der Waals surface area contributed by atoms with Crippen molar-refractivity contribution in [2.75, 3.05) is 13.2 Å². The number of halogens is 6. The van der Waals surface area contributed by atoms with Gasteiger partial charge < -0.3 is 14.6 Å². The number of hydrogen-bond acceptors (Lipinski definition) is 4. The maximum absolute atomic E-state index is 12.6. The van der Waals surface area contributed by atoms with Crippen molar-refractivity contribution in [2.24, 2.45) is 5.41 Å².